The Kier molecular flexibility index (Phi) is 4.73. The number of nitrogens with zero attached hydrogens (tertiary/aromatic N) is 3. The Morgan fingerprint density at radius 3 is 2.50 bits per heavy atom. The Hall–Kier alpha value is -1.47. The number of hydrogen-bond acceptors (Lipinski definition) is 4. The number of benzene rings is 1. The third-order valence-electron chi connectivity index (χ3n) is 3.39. The molecule has 2 aromatic rings. The first-order valence-corrected chi connectivity index (χ1v) is 8.39. The number of halogens is 2. The number of ether oxygens (including phenoxy) is 1. The average molecular weight is 427 g/mol. The number of rotatable bonds is 3. The molecule has 5 nitrogen and oxygen atoms in total. The van der Waals surface area contributed by atoms with Crippen LogP contribution in [0.2, 0.25) is 0 Å². The van der Waals surface area contributed by atoms with Crippen LogP contribution in [0.4, 0.5) is 0 Å². The maximum Gasteiger partial charge on any atom is 0.316 e. The third-order valence-corrected chi connectivity index (χ3v) is 4.33. The number of likely N-dealkylation sites (tertiary alicyclic amines) is 1. The second kappa shape index (κ2) is 6.75. The molecule has 2 heterocycles. The molecule has 3 rings (SSSR count). The second-order valence-electron chi connectivity index (χ2n) is 4.97. The lowest BCUT2D eigenvalue weighted by molar-refractivity contribution is 0.0769. The van der Waals surface area contributed by atoms with Crippen LogP contribution in [0.15, 0.2) is 45.6 Å². The SMILES string of the molecule is O=C(c1ccc(Br)cc1)N1CCC(Oc2ncc(Br)cn2)C1. The van der Waals surface area contributed by atoms with Crippen molar-refractivity contribution < 1.29 is 9.53 Å². The minimum absolute atomic E-state index is 0.0234. The maximum atomic E-state index is 12.4. The number of aromatic nitrogens is 2. The molecule has 114 valence electrons. The molecule has 0 aliphatic carbocycles. The van der Waals surface area contributed by atoms with E-state index in [9.17, 15) is 4.79 Å². The van der Waals surface area contributed by atoms with Crippen LogP contribution < -0.4 is 4.74 Å². The van der Waals surface area contributed by atoms with Crippen molar-refractivity contribution in [3.8, 4) is 6.01 Å². The Morgan fingerprint density at radius 1 is 1.14 bits per heavy atom. The summed E-state index contributed by atoms with van der Waals surface area (Å²) in [5, 5.41) is 0. The third kappa shape index (κ3) is 3.64. The van der Waals surface area contributed by atoms with Gasteiger partial charge in [0, 0.05) is 35.4 Å². The van der Waals surface area contributed by atoms with E-state index in [2.05, 4.69) is 41.8 Å². The molecule has 0 spiro atoms. The fourth-order valence-corrected chi connectivity index (χ4v) is 2.76. The molecule has 1 amide bonds. The topological polar surface area (TPSA) is 55.3 Å². The standard InChI is InChI=1S/C15H13Br2N3O2/c16-11-3-1-10(2-4-11)14(21)20-6-5-13(9-20)22-15-18-7-12(17)8-19-15/h1-4,7-8,13H,5-6,9H2. The van der Waals surface area contributed by atoms with E-state index in [0.29, 0.717) is 24.7 Å². The Bertz CT molecular complexity index is 661. The molecular formula is C15H13Br2N3O2. The van der Waals surface area contributed by atoms with Crippen LogP contribution in [0.1, 0.15) is 16.8 Å². The normalized spacial score (nSPS) is 17.5. The summed E-state index contributed by atoms with van der Waals surface area (Å²) in [4.78, 5) is 22.4. The van der Waals surface area contributed by atoms with Crippen molar-refractivity contribution in [2.24, 2.45) is 0 Å². The summed E-state index contributed by atoms with van der Waals surface area (Å²) >= 11 is 6.65. The lowest BCUT2D eigenvalue weighted by Crippen LogP contribution is -2.31. The highest BCUT2D eigenvalue weighted by molar-refractivity contribution is 9.10. The van der Waals surface area contributed by atoms with E-state index in [1.807, 2.05) is 24.3 Å². The fraction of sp³-hybridized carbons (Fsp3) is 0.267. The number of hydrogen-bond donors (Lipinski definition) is 0. The molecule has 1 aromatic carbocycles. The van der Waals surface area contributed by atoms with Gasteiger partial charge >= 0.3 is 6.01 Å². The van der Waals surface area contributed by atoms with Gasteiger partial charge in [-0.25, -0.2) is 9.97 Å². The van der Waals surface area contributed by atoms with Gasteiger partial charge in [-0.1, -0.05) is 15.9 Å². The van der Waals surface area contributed by atoms with Crippen molar-refractivity contribution in [3.63, 3.8) is 0 Å². The van der Waals surface area contributed by atoms with Gasteiger partial charge in [0.2, 0.25) is 0 Å². The van der Waals surface area contributed by atoms with Crippen LogP contribution in [-0.4, -0.2) is 40.0 Å². The molecule has 1 atom stereocenters. The van der Waals surface area contributed by atoms with Crippen LogP contribution in [0.5, 0.6) is 6.01 Å². The zero-order chi connectivity index (χ0) is 15.5. The predicted molar refractivity (Wildman–Crippen MR) is 88.8 cm³/mol. The Balaban J connectivity index is 1.61. The van der Waals surface area contributed by atoms with Gasteiger partial charge in [0.15, 0.2) is 0 Å². The van der Waals surface area contributed by atoms with Gasteiger partial charge in [0.05, 0.1) is 11.0 Å². The van der Waals surface area contributed by atoms with E-state index in [1.165, 1.54) is 0 Å². The summed E-state index contributed by atoms with van der Waals surface area (Å²) in [5.41, 5.74) is 0.684. The predicted octanol–water partition coefficient (Wildman–Crippen LogP) is 3.30. The smallest absolute Gasteiger partial charge is 0.316 e. The molecule has 0 bridgehead atoms. The van der Waals surface area contributed by atoms with Crippen LogP contribution in [-0.2, 0) is 0 Å². The molecule has 22 heavy (non-hydrogen) atoms. The Morgan fingerprint density at radius 2 is 1.82 bits per heavy atom. The molecule has 0 saturated carbocycles. The van der Waals surface area contributed by atoms with Gasteiger partial charge in [-0.3, -0.25) is 4.79 Å². The van der Waals surface area contributed by atoms with Crippen LogP contribution in [0.3, 0.4) is 0 Å². The number of amides is 1. The lowest BCUT2D eigenvalue weighted by atomic mass is 10.2. The molecule has 1 aliphatic rings. The van der Waals surface area contributed by atoms with Gasteiger partial charge in [0.25, 0.3) is 5.91 Å². The molecule has 1 fully saturated rings. The fourth-order valence-electron chi connectivity index (χ4n) is 2.29. The van der Waals surface area contributed by atoms with E-state index >= 15 is 0 Å². The molecule has 1 aliphatic heterocycles. The van der Waals surface area contributed by atoms with Gasteiger partial charge in [-0.15, -0.1) is 0 Å². The molecule has 1 aromatic heterocycles. The molecule has 1 saturated heterocycles. The first-order chi connectivity index (χ1) is 10.6. The largest absolute Gasteiger partial charge is 0.458 e. The summed E-state index contributed by atoms with van der Waals surface area (Å²) in [6, 6.07) is 7.71. The minimum atomic E-state index is -0.0689. The quantitative estimate of drug-likeness (QED) is 0.755. The van der Waals surface area contributed by atoms with Crippen molar-refractivity contribution in [1.29, 1.82) is 0 Å². The van der Waals surface area contributed by atoms with E-state index in [0.717, 1.165) is 15.4 Å². The van der Waals surface area contributed by atoms with E-state index in [-0.39, 0.29) is 12.0 Å². The van der Waals surface area contributed by atoms with Crippen molar-refractivity contribution in [1.82, 2.24) is 14.9 Å². The van der Waals surface area contributed by atoms with Crippen molar-refractivity contribution >= 4 is 37.8 Å². The average Bonchev–Trinajstić information content (AvgIpc) is 2.98. The van der Waals surface area contributed by atoms with E-state index in [4.69, 9.17) is 4.74 Å². The first kappa shape index (κ1) is 15.4. The molecule has 1 unspecified atom stereocenters. The number of carbonyl (C=O) groups excluding carboxylic acids is 1. The molecule has 7 heteroatoms. The maximum absolute atomic E-state index is 12.4. The van der Waals surface area contributed by atoms with Crippen molar-refractivity contribution in [2.75, 3.05) is 13.1 Å². The van der Waals surface area contributed by atoms with Gasteiger partial charge in [-0.05, 0) is 40.2 Å². The van der Waals surface area contributed by atoms with Crippen LogP contribution in [0.25, 0.3) is 0 Å². The zero-order valence-electron chi connectivity index (χ0n) is 11.6. The van der Waals surface area contributed by atoms with Gasteiger partial charge < -0.3 is 9.64 Å². The highest BCUT2D eigenvalue weighted by Crippen LogP contribution is 2.19. The van der Waals surface area contributed by atoms with E-state index in [1.54, 1.807) is 17.3 Å². The number of carbonyl (C=O) groups is 1. The molecular weight excluding hydrogens is 414 g/mol. The summed E-state index contributed by atoms with van der Waals surface area (Å²) in [6.45, 7) is 1.23. The van der Waals surface area contributed by atoms with Crippen LogP contribution >= 0.6 is 31.9 Å². The second-order valence-corrected chi connectivity index (χ2v) is 6.80. The van der Waals surface area contributed by atoms with E-state index < -0.39 is 0 Å². The monoisotopic (exact) mass is 425 g/mol. The summed E-state index contributed by atoms with van der Waals surface area (Å²) < 4.78 is 7.48. The summed E-state index contributed by atoms with van der Waals surface area (Å²) in [7, 11) is 0. The molecule has 0 N–H and O–H groups in total. The Labute approximate surface area is 145 Å². The summed E-state index contributed by atoms with van der Waals surface area (Å²) in [5.74, 6) is 0.0234. The van der Waals surface area contributed by atoms with Gasteiger partial charge in [-0.2, -0.15) is 0 Å². The summed E-state index contributed by atoms with van der Waals surface area (Å²) in [6.07, 6.45) is 3.99. The highest BCUT2D eigenvalue weighted by Gasteiger charge is 2.28. The first-order valence-electron chi connectivity index (χ1n) is 6.81. The van der Waals surface area contributed by atoms with Crippen molar-refractivity contribution in [3.05, 3.63) is 51.2 Å². The van der Waals surface area contributed by atoms with Crippen LogP contribution in [0, 0.1) is 0 Å². The lowest BCUT2D eigenvalue weighted by Gasteiger charge is -2.16. The van der Waals surface area contributed by atoms with Crippen molar-refractivity contribution in [2.45, 2.75) is 12.5 Å². The molecule has 0 radical (unpaired) electrons. The highest BCUT2D eigenvalue weighted by atomic mass is 79.9. The minimum Gasteiger partial charge on any atom is -0.458 e. The van der Waals surface area contributed by atoms with Gasteiger partial charge in [0.1, 0.15) is 6.10 Å². The zero-order valence-corrected chi connectivity index (χ0v) is 14.7.